The standard InChI is InChI=1S/C15H22N2O4/c1-3-4-11-5-7-12(8-6-11)17-15(20)16-10-13(21-2)9-14(18)19/h5-8,13H,3-4,9-10H2,1-2H3,(H,18,19)(H2,16,17,20). The number of rotatable bonds is 8. The number of carboxylic acid groups (broad SMARTS) is 1. The molecule has 1 aromatic carbocycles. The van der Waals surface area contributed by atoms with E-state index in [0.717, 1.165) is 12.8 Å². The molecule has 0 saturated heterocycles. The minimum Gasteiger partial charge on any atom is -0.481 e. The van der Waals surface area contributed by atoms with E-state index in [9.17, 15) is 9.59 Å². The SMILES string of the molecule is CCCc1ccc(NC(=O)NCC(CC(=O)O)OC)cc1. The van der Waals surface area contributed by atoms with Crippen molar-refractivity contribution in [2.24, 2.45) is 0 Å². The lowest BCUT2D eigenvalue weighted by atomic mass is 10.1. The zero-order chi connectivity index (χ0) is 15.7. The van der Waals surface area contributed by atoms with Gasteiger partial charge in [0.1, 0.15) is 0 Å². The summed E-state index contributed by atoms with van der Waals surface area (Å²) in [6.07, 6.45) is 1.40. The Kier molecular flexibility index (Phi) is 7.25. The predicted molar refractivity (Wildman–Crippen MR) is 80.5 cm³/mol. The summed E-state index contributed by atoms with van der Waals surface area (Å²) in [6.45, 7) is 2.26. The first-order chi connectivity index (χ1) is 10.0. The Morgan fingerprint density at radius 1 is 1.29 bits per heavy atom. The van der Waals surface area contributed by atoms with E-state index in [4.69, 9.17) is 9.84 Å². The number of urea groups is 1. The molecular formula is C15H22N2O4. The zero-order valence-corrected chi connectivity index (χ0v) is 12.4. The first-order valence-corrected chi connectivity index (χ1v) is 6.93. The van der Waals surface area contributed by atoms with Gasteiger partial charge >= 0.3 is 12.0 Å². The van der Waals surface area contributed by atoms with Gasteiger partial charge in [0, 0.05) is 19.3 Å². The van der Waals surface area contributed by atoms with Crippen molar-refractivity contribution in [1.29, 1.82) is 0 Å². The van der Waals surface area contributed by atoms with Crippen LogP contribution in [0, 0.1) is 0 Å². The van der Waals surface area contributed by atoms with E-state index < -0.39 is 12.1 Å². The van der Waals surface area contributed by atoms with Gasteiger partial charge in [0.25, 0.3) is 0 Å². The van der Waals surface area contributed by atoms with Crippen molar-refractivity contribution in [1.82, 2.24) is 5.32 Å². The van der Waals surface area contributed by atoms with Gasteiger partial charge in [0.15, 0.2) is 0 Å². The van der Waals surface area contributed by atoms with Gasteiger partial charge in [0.05, 0.1) is 12.5 Å². The summed E-state index contributed by atoms with van der Waals surface area (Å²) in [7, 11) is 1.42. The molecule has 0 radical (unpaired) electrons. The average Bonchev–Trinajstić information content (AvgIpc) is 2.45. The Balaban J connectivity index is 2.40. The van der Waals surface area contributed by atoms with E-state index in [2.05, 4.69) is 17.6 Å². The molecule has 0 aliphatic carbocycles. The third-order valence-electron chi connectivity index (χ3n) is 2.98. The van der Waals surface area contributed by atoms with Crippen LogP contribution >= 0.6 is 0 Å². The van der Waals surface area contributed by atoms with E-state index in [1.165, 1.54) is 12.7 Å². The number of amides is 2. The van der Waals surface area contributed by atoms with Crippen molar-refractivity contribution in [3.8, 4) is 0 Å². The molecule has 0 saturated carbocycles. The minimum atomic E-state index is -0.962. The van der Waals surface area contributed by atoms with Crippen molar-refractivity contribution in [2.45, 2.75) is 32.3 Å². The third-order valence-corrected chi connectivity index (χ3v) is 2.98. The summed E-state index contributed by atoms with van der Waals surface area (Å²) < 4.78 is 4.98. The highest BCUT2D eigenvalue weighted by Crippen LogP contribution is 2.10. The van der Waals surface area contributed by atoms with Crippen LogP contribution < -0.4 is 10.6 Å². The number of carboxylic acids is 1. The van der Waals surface area contributed by atoms with Gasteiger partial charge < -0.3 is 20.5 Å². The van der Waals surface area contributed by atoms with Gasteiger partial charge in [0.2, 0.25) is 0 Å². The Morgan fingerprint density at radius 2 is 1.95 bits per heavy atom. The summed E-state index contributed by atoms with van der Waals surface area (Å²) in [6, 6.07) is 7.25. The lowest BCUT2D eigenvalue weighted by Gasteiger charge is -2.14. The molecule has 3 N–H and O–H groups in total. The molecule has 1 aromatic rings. The minimum absolute atomic E-state index is 0.141. The van der Waals surface area contributed by atoms with Gasteiger partial charge in [-0.05, 0) is 24.1 Å². The molecule has 1 unspecified atom stereocenters. The second-order valence-electron chi connectivity index (χ2n) is 4.74. The Labute approximate surface area is 124 Å². The van der Waals surface area contributed by atoms with E-state index >= 15 is 0 Å². The van der Waals surface area contributed by atoms with E-state index in [1.54, 1.807) is 0 Å². The van der Waals surface area contributed by atoms with E-state index in [0.29, 0.717) is 5.69 Å². The van der Waals surface area contributed by atoms with Crippen molar-refractivity contribution >= 4 is 17.7 Å². The summed E-state index contributed by atoms with van der Waals surface area (Å²) >= 11 is 0. The normalized spacial score (nSPS) is 11.7. The molecule has 1 rings (SSSR count). The van der Waals surface area contributed by atoms with Crippen molar-refractivity contribution < 1.29 is 19.4 Å². The van der Waals surface area contributed by atoms with Crippen molar-refractivity contribution in [2.75, 3.05) is 19.0 Å². The van der Waals surface area contributed by atoms with Gasteiger partial charge in [-0.2, -0.15) is 0 Å². The fourth-order valence-electron chi connectivity index (χ4n) is 1.86. The summed E-state index contributed by atoms with van der Waals surface area (Å²) in [4.78, 5) is 22.3. The Hall–Kier alpha value is -2.08. The van der Waals surface area contributed by atoms with Crippen molar-refractivity contribution in [3.63, 3.8) is 0 Å². The second kappa shape index (κ2) is 8.97. The monoisotopic (exact) mass is 294 g/mol. The lowest BCUT2D eigenvalue weighted by molar-refractivity contribution is -0.139. The number of carbonyl (C=O) groups excluding carboxylic acids is 1. The molecule has 0 spiro atoms. The molecule has 116 valence electrons. The van der Waals surface area contributed by atoms with Crippen molar-refractivity contribution in [3.05, 3.63) is 29.8 Å². The van der Waals surface area contributed by atoms with Crippen LogP contribution in [0.1, 0.15) is 25.3 Å². The fraction of sp³-hybridized carbons (Fsp3) is 0.467. The van der Waals surface area contributed by atoms with Gasteiger partial charge in [-0.1, -0.05) is 25.5 Å². The lowest BCUT2D eigenvalue weighted by Crippen LogP contribution is -2.37. The molecule has 0 aliphatic rings. The van der Waals surface area contributed by atoms with Gasteiger partial charge in [-0.3, -0.25) is 4.79 Å². The highest BCUT2D eigenvalue weighted by Gasteiger charge is 2.13. The molecule has 21 heavy (non-hydrogen) atoms. The number of methoxy groups -OCH3 is 1. The van der Waals surface area contributed by atoms with Crippen LogP contribution in [0.3, 0.4) is 0 Å². The summed E-state index contributed by atoms with van der Waals surface area (Å²) in [5.74, 6) is -0.962. The summed E-state index contributed by atoms with van der Waals surface area (Å²) in [5, 5.41) is 14.0. The van der Waals surface area contributed by atoms with Gasteiger partial charge in [-0.25, -0.2) is 4.79 Å². The largest absolute Gasteiger partial charge is 0.481 e. The third kappa shape index (κ3) is 6.76. The molecule has 1 atom stereocenters. The number of benzene rings is 1. The Morgan fingerprint density at radius 3 is 2.48 bits per heavy atom. The van der Waals surface area contributed by atoms with Crippen LogP contribution in [-0.2, 0) is 16.0 Å². The number of hydrogen-bond acceptors (Lipinski definition) is 3. The van der Waals surface area contributed by atoms with E-state index in [1.807, 2.05) is 24.3 Å². The van der Waals surface area contributed by atoms with Crippen LogP contribution in [0.2, 0.25) is 0 Å². The molecule has 6 nitrogen and oxygen atoms in total. The maximum Gasteiger partial charge on any atom is 0.319 e. The molecule has 0 heterocycles. The molecule has 0 aliphatic heterocycles. The number of hydrogen-bond donors (Lipinski definition) is 3. The topological polar surface area (TPSA) is 87.7 Å². The van der Waals surface area contributed by atoms with E-state index in [-0.39, 0.29) is 19.0 Å². The predicted octanol–water partition coefficient (Wildman–Crippen LogP) is 2.25. The van der Waals surface area contributed by atoms with Crippen LogP contribution in [0.25, 0.3) is 0 Å². The first kappa shape index (κ1) is 17.0. The summed E-state index contributed by atoms with van der Waals surface area (Å²) in [5.41, 5.74) is 1.92. The van der Waals surface area contributed by atoms with Crippen LogP contribution in [0.15, 0.2) is 24.3 Å². The second-order valence-corrected chi connectivity index (χ2v) is 4.74. The smallest absolute Gasteiger partial charge is 0.319 e. The zero-order valence-electron chi connectivity index (χ0n) is 12.4. The molecule has 0 aromatic heterocycles. The number of anilines is 1. The molecule has 0 fully saturated rings. The maximum absolute atomic E-state index is 11.7. The highest BCUT2D eigenvalue weighted by molar-refractivity contribution is 5.89. The Bertz CT molecular complexity index is 459. The quantitative estimate of drug-likeness (QED) is 0.686. The first-order valence-electron chi connectivity index (χ1n) is 6.93. The number of ether oxygens (including phenoxy) is 1. The van der Waals surface area contributed by atoms with Crippen LogP contribution in [0.4, 0.5) is 10.5 Å². The number of aliphatic carboxylic acids is 1. The van der Waals surface area contributed by atoms with Gasteiger partial charge in [-0.15, -0.1) is 0 Å². The number of aryl methyl sites for hydroxylation is 1. The molecule has 0 bridgehead atoms. The average molecular weight is 294 g/mol. The molecular weight excluding hydrogens is 272 g/mol. The van der Waals surface area contributed by atoms with Crippen LogP contribution in [0.5, 0.6) is 0 Å². The fourth-order valence-corrected chi connectivity index (χ4v) is 1.86. The number of carbonyl (C=O) groups is 2. The highest BCUT2D eigenvalue weighted by atomic mass is 16.5. The van der Waals surface area contributed by atoms with Crippen LogP contribution in [-0.4, -0.2) is 36.9 Å². The molecule has 6 heteroatoms. The maximum atomic E-state index is 11.7. The number of nitrogens with one attached hydrogen (secondary N) is 2. The molecule has 2 amide bonds.